The van der Waals surface area contributed by atoms with Gasteiger partial charge in [-0.25, -0.2) is 4.79 Å². The average molecular weight is 428 g/mol. The molecule has 0 saturated carbocycles. The Balaban J connectivity index is 1.44. The van der Waals surface area contributed by atoms with E-state index in [1.807, 2.05) is 77.7 Å². The minimum absolute atomic E-state index is 0.0691. The number of carbonyl (C=O) groups excluding carboxylic acids is 2. The molecular weight excluding hydrogens is 398 g/mol. The summed E-state index contributed by atoms with van der Waals surface area (Å²) in [5, 5.41) is 5.79. The van der Waals surface area contributed by atoms with E-state index in [1.165, 1.54) is 5.56 Å². The van der Waals surface area contributed by atoms with Crippen LogP contribution in [0, 0.1) is 0 Å². The molecule has 3 aromatic rings. The van der Waals surface area contributed by atoms with Crippen LogP contribution in [-0.2, 0) is 23.2 Å². The molecule has 0 unspecified atom stereocenters. The van der Waals surface area contributed by atoms with Crippen LogP contribution in [0.25, 0.3) is 0 Å². The highest BCUT2D eigenvalue weighted by molar-refractivity contribution is 6.01. The lowest BCUT2D eigenvalue weighted by Gasteiger charge is -2.30. The van der Waals surface area contributed by atoms with Crippen LogP contribution in [0.3, 0.4) is 0 Å². The summed E-state index contributed by atoms with van der Waals surface area (Å²) in [6.07, 6.45) is 1.14. The van der Waals surface area contributed by atoms with Crippen LogP contribution in [0.1, 0.15) is 43.9 Å². The van der Waals surface area contributed by atoms with Gasteiger partial charge in [-0.1, -0.05) is 63.2 Å². The van der Waals surface area contributed by atoms with Gasteiger partial charge in [0.05, 0.1) is 6.54 Å². The molecule has 0 radical (unpaired) electrons. The summed E-state index contributed by atoms with van der Waals surface area (Å²) in [6.45, 7) is 7.02. The number of carbonyl (C=O) groups is 2. The van der Waals surface area contributed by atoms with Crippen LogP contribution in [0.5, 0.6) is 0 Å². The second kappa shape index (κ2) is 8.87. The van der Waals surface area contributed by atoms with Gasteiger partial charge in [0.1, 0.15) is 0 Å². The predicted molar refractivity (Wildman–Crippen MR) is 130 cm³/mol. The molecule has 5 heteroatoms. The van der Waals surface area contributed by atoms with Crippen LogP contribution < -0.4 is 15.5 Å². The quantitative estimate of drug-likeness (QED) is 0.528. The molecule has 1 heterocycles. The third-order valence-corrected chi connectivity index (χ3v) is 5.73. The number of nitrogens with zero attached hydrogens (tertiary/aromatic N) is 1. The van der Waals surface area contributed by atoms with E-state index in [0.29, 0.717) is 25.1 Å². The number of urea groups is 1. The topological polar surface area (TPSA) is 61.4 Å². The van der Waals surface area contributed by atoms with Gasteiger partial charge in [-0.3, -0.25) is 4.79 Å². The van der Waals surface area contributed by atoms with Gasteiger partial charge in [0.2, 0.25) is 5.91 Å². The van der Waals surface area contributed by atoms with Gasteiger partial charge in [-0.2, -0.15) is 0 Å². The van der Waals surface area contributed by atoms with E-state index < -0.39 is 0 Å². The number of nitrogens with one attached hydrogen (secondary N) is 2. The number of hydrogen-bond donors (Lipinski definition) is 2. The van der Waals surface area contributed by atoms with E-state index in [1.54, 1.807) is 0 Å². The standard InChI is InChI=1S/C27H29N3O2/c1-27(2,3)21-10-12-22(13-11-21)28-26(32)29-23-14-15-24-20(17-23)9-16-25(31)30(24)18-19-7-5-4-6-8-19/h4-8,10-15,17H,9,16,18H2,1-3H3,(H2,28,29,32). The molecule has 1 aliphatic heterocycles. The molecule has 164 valence electrons. The fourth-order valence-corrected chi connectivity index (χ4v) is 3.92. The third kappa shape index (κ3) is 4.99. The number of amides is 3. The number of hydrogen-bond acceptors (Lipinski definition) is 2. The Morgan fingerprint density at radius 2 is 1.53 bits per heavy atom. The summed E-state index contributed by atoms with van der Waals surface area (Å²) in [4.78, 5) is 26.9. The van der Waals surface area contributed by atoms with E-state index >= 15 is 0 Å². The molecular formula is C27H29N3O2. The number of rotatable bonds is 4. The van der Waals surface area contributed by atoms with Crippen LogP contribution >= 0.6 is 0 Å². The highest BCUT2D eigenvalue weighted by Gasteiger charge is 2.24. The second-order valence-electron chi connectivity index (χ2n) is 9.22. The molecule has 3 aromatic carbocycles. The first kappa shape index (κ1) is 21.6. The maximum Gasteiger partial charge on any atom is 0.323 e. The molecule has 0 aliphatic carbocycles. The Morgan fingerprint density at radius 1 is 0.875 bits per heavy atom. The molecule has 32 heavy (non-hydrogen) atoms. The van der Waals surface area contributed by atoms with Crippen molar-refractivity contribution in [3.63, 3.8) is 0 Å². The summed E-state index contributed by atoms with van der Waals surface area (Å²) < 4.78 is 0. The van der Waals surface area contributed by atoms with Gasteiger partial charge in [0, 0.05) is 23.5 Å². The lowest BCUT2D eigenvalue weighted by Crippen LogP contribution is -2.34. The number of aryl methyl sites for hydroxylation is 1. The van der Waals surface area contributed by atoms with Gasteiger partial charge in [0.25, 0.3) is 0 Å². The van der Waals surface area contributed by atoms with Crippen molar-refractivity contribution in [2.75, 3.05) is 15.5 Å². The maximum absolute atomic E-state index is 12.6. The van der Waals surface area contributed by atoms with Crippen molar-refractivity contribution in [3.05, 3.63) is 89.5 Å². The molecule has 0 aromatic heterocycles. The zero-order chi connectivity index (χ0) is 22.7. The molecule has 2 N–H and O–H groups in total. The summed E-state index contributed by atoms with van der Waals surface area (Å²) in [6, 6.07) is 23.3. The van der Waals surface area contributed by atoms with E-state index in [-0.39, 0.29) is 17.4 Å². The van der Waals surface area contributed by atoms with Crippen LogP contribution in [0.4, 0.5) is 21.9 Å². The highest BCUT2D eigenvalue weighted by atomic mass is 16.2. The van der Waals surface area contributed by atoms with Crippen LogP contribution in [0.15, 0.2) is 72.8 Å². The van der Waals surface area contributed by atoms with Crippen LogP contribution in [-0.4, -0.2) is 11.9 Å². The van der Waals surface area contributed by atoms with Gasteiger partial charge >= 0.3 is 6.03 Å². The van der Waals surface area contributed by atoms with Gasteiger partial charge in [-0.15, -0.1) is 0 Å². The van der Waals surface area contributed by atoms with Crippen molar-refractivity contribution in [1.29, 1.82) is 0 Å². The SMILES string of the molecule is CC(C)(C)c1ccc(NC(=O)Nc2ccc3c(c2)CCC(=O)N3Cc2ccccc2)cc1. The van der Waals surface area contributed by atoms with Crippen molar-refractivity contribution < 1.29 is 9.59 Å². The Kier molecular flexibility index (Phi) is 5.99. The Morgan fingerprint density at radius 3 is 2.22 bits per heavy atom. The summed E-state index contributed by atoms with van der Waals surface area (Å²) in [5.74, 6) is 0.124. The van der Waals surface area contributed by atoms with Crippen molar-refractivity contribution in [2.45, 2.75) is 45.6 Å². The third-order valence-electron chi connectivity index (χ3n) is 5.73. The van der Waals surface area contributed by atoms with Crippen molar-refractivity contribution in [2.24, 2.45) is 0 Å². The first-order chi connectivity index (χ1) is 15.3. The summed E-state index contributed by atoms with van der Waals surface area (Å²) in [5.41, 5.74) is 5.80. The van der Waals surface area contributed by atoms with Gasteiger partial charge in [-0.05, 0) is 58.9 Å². The molecule has 5 nitrogen and oxygen atoms in total. The lowest BCUT2D eigenvalue weighted by atomic mass is 9.87. The summed E-state index contributed by atoms with van der Waals surface area (Å²) >= 11 is 0. The predicted octanol–water partition coefficient (Wildman–Crippen LogP) is 6.11. The Labute approximate surface area is 189 Å². The van der Waals surface area contributed by atoms with Crippen LogP contribution in [0.2, 0.25) is 0 Å². The van der Waals surface area contributed by atoms with Crippen molar-refractivity contribution in [3.8, 4) is 0 Å². The molecule has 0 bridgehead atoms. The maximum atomic E-state index is 12.6. The molecule has 4 rings (SSSR count). The first-order valence-electron chi connectivity index (χ1n) is 11.0. The Bertz CT molecular complexity index is 1120. The second-order valence-corrected chi connectivity index (χ2v) is 9.22. The zero-order valence-electron chi connectivity index (χ0n) is 18.8. The van der Waals surface area contributed by atoms with E-state index in [0.717, 1.165) is 22.5 Å². The lowest BCUT2D eigenvalue weighted by molar-refractivity contribution is -0.119. The number of fused-ring (bicyclic) bond motifs is 1. The fraction of sp³-hybridized carbons (Fsp3) is 0.259. The first-order valence-corrected chi connectivity index (χ1v) is 11.0. The van der Waals surface area contributed by atoms with Crippen molar-refractivity contribution >= 4 is 29.0 Å². The van der Waals surface area contributed by atoms with E-state index in [9.17, 15) is 9.59 Å². The Hall–Kier alpha value is -3.60. The van der Waals surface area contributed by atoms with Gasteiger partial charge in [0.15, 0.2) is 0 Å². The monoisotopic (exact) mass is 427 g/mol. The minimum atomic E-state index is -0.290. The zero-order valence-corrected chi connectivity index (χ0v) is 18.8. The number of anilines is 3. The largest absolute Gasteiger partial charge is 0.323 e. The molecule has 0 fully saturated rings. The minimum Gasteiger partial charge on any atom is -0.308 e. The fourth-order valence-electron chi connectivity index (χ4n) is 3.92. The average Bonchev–Trinajstić information content (AvgIpc) is 2.76. The highest BCUT2D eigenvalue weighted by Crippen LogP contribution is 2.31. The van der Waals surface area contributed by atoms with E-state index in [2.05, 4.69) is 31.4 Å². The molecule has 0 spiro atoms. The molecule has 0 saturated heterocycles. The molecule has 3 amide bonds. The molecule has 1 aliphatic rings. The van der Waals surface area contributed by atoms with Gasteiger partial charge < -0.3 is 15.5 Å². The normalized spacial score (nSPS) is 13.5. The van der Waals surface area contributed by atoms with Crippen molar-refractivity contribution in [1.82, 2.24) is 0 Å². The molecule has 0 atom stereocenters. The van der Waals surface area contributed by atoms with E-state index in [4.69, 9.17) is 0 Å². The smallest absolute Gasteiger partial charge is 0.308 e. The summed E-state index contributed by atoms with van der Waals surface area (Å²) in [7, 11) is 0. The number of benzene rings is 3.